The second kappa shape index (κ2) is 7.93. The molecule has 0 aliphatic carbocycles. The van der Waals surface area contributed by atoms with E-state index >= 15 is 0 Å². The molecule has 2 aromatic rings. The summed E-state index contributed by atoms with van der Waals surface area (Å²) in [6, 6.07) is 16.6. The molecule has 4 rings (SSSR count). The number of rotatable bonds is 4. The summed E-state index contributed by atoms with van der Waals surface area (Å²) in [6.45, 7) is 0.827. The van der Waals surface area contributed by atoms with Crippen molar-refractivity contribution in [3.05, 3.63) is 59.1 Å². The van der Waals surface area contributed by atoms with E-state index in [4.69, 9.17) is 16.6 Å². The lowest BCUT2D eigenvalue weighted by Gasteiger charge is -2.43. The molecule has 1 spiro atoms. The zero-order valence-corrected chi connectivity index (χ0v) is 16.4. The summed E-state index contributed by atoms with van der Waals surface area (Å²) in [5, 5.41) is 8.23. The SMILES string of the molecule is Clc1cccc(CCCN=C2Nc3ccccc3NC23CCSCC3)c1. The summed E-state index contributed by atoms with van der Waals surface area (Å²) in [6.07, 6.45) is 4.26. The van der Waals surface area contributed by atoms with Crippen molar-refractivity contribution >= 4 is 40.6 Å². The molecule has 0 radical (unpaired) electrons. The van der Waals surface area contributed by atoms with E-state index in [0.717, 1.165) is 48.8 Å². The number of para-hydroxylation sites is 2. The van der Waals surface area contributed by atoms with Crippen LogP contribution in [0.1, 0.15) is 24.8 Å². The van der Waals surface area contributed by atoms with E-state index in [1.54, 1.807) is 0 Å². The number of thioether (sulfide) groups is 1. The quantitative estimate of drug-likeness (QED) is 0.684. The van der Waals surface area contributed by atoms with Gasteiger partial charge in [-0.25, -0.2) is 0 Å². The van der Waals surface area contributed by atoms with Crippen LogP contribution in [0.5, 0.6) is 0 Å². The summed E-state index contributed by atoms with van der Waals surface area (Å²) < 4.78 is 0. The maximum absolute atomic E-state index is 6.08. The van der Waals surface area contributed by atoms with Gasteiger partial charge in [0.15, 0.2) is 0 Å². The number of aryl methyl sites for hydroxylation is 1. The topological polar surface area (TPSA) is 36.4 Å². The second-order valence-corrected chi connectivity index (χ2v) is 8.62. The largest absolute Gasteiger partial charge is 0.371 e. The first-order valence-electron chi connectivity index (χ1n) is 9.27. The van der Waals surface area contributed by atoms with Gasteiger partial charge in [-0.05, 0) is 67.0 Å². The molecule has 26 heavy (non-hydrogen) atoms. The fourth-order valence-electron chi connectivity index (χ4n) is 3.70. The van der Waals surface area contributed by atoms with Crippen LogP contribution in [0.3, 0.4) is 0 Å². The normalized spacial score (nSPS) is 19.7. The van der Waals surface area contributed by atoms with E-state index in [1.807, 2.05) is 30.0 Å². The van der Waals surface area contributed by atoms with Crippen LogP contribution >= 0.6 is 23.4 Å². The predicted octanol–water partition coefficient (Wildman–Crippen LogP) is 5.47. The molecule has 136 valence electrons. The Morgan fingerprint density at radius 3 is 2.65 bits per heavy atom. The smallest absolute Gasteiger partial charge is 0.127 e. The van der Waals surface area contributed by atoms with Gasteiger partial charge in [0.25, 0.3) is 0 Å². The van der Waals surface area contributed by atoms with E-state index in [2.05, 4.69) is 41.0 Å². The third-order valence-corrected chi connectivity index (χ3v) is 6.36. The molecule has 0 bridgehead atoms. The Kier molecular flexibility index (Phi) is 5.41. The minimum Gasteiger partial charge on any atom is -0.371 e. The van der Waals surface area contributed by atoms with Crippen molar-refractivity contribution in [1.29, 1.82) is 0 Å². The average molecular weight is 386 g/mol. The maximum atomic E-state index is 6.08. The van der Waals surface area contributed by atoms with Gasteiger partial charge in [-0.1, -0.05) is 35.9 Å². The molecular weight excluding hydrogens is 362 g/mol. The molecule has 1 fully saturated rings. The number of hydrogen-bond donors (Lipinski definition) is 2. The number of anilines is 2. The standard InChI is InChI=1S/C21H24ClN3S/c22-17-7-3-5-16(15-17)6-4-12-23-20-21(10-13-26-14-11-21)25-19-9-2-1-8-18(19)24-20/h1-3,5,7-9,15,25H,4,6,10-14H2,(H,23,24). The highest BCUT2D eigenvalue weighted by molar-refractivity contribution is 7.99. The number of amidine groups is 1. The maximum Gasteiger partial charge on any atom is 0.127 e. The summed E-state index contributed by atoms with van der Waals surface area (Å²) >= 11 is 8.11. The van der Waals surface area contributed by atoms with Gasteiger partial charge in [-0.2, -0.15) is 11.8 Å². The molecule has 2 aromatic carbocycles. The fraction of sp³-hybridized carbons (Fsp3) is 0.381. The van der Waals surface area contributed by atoms with E-state index in [1.165, 1.54) is 22.8 Å². The third kappa shape index (κ3) is 3.86. The molecule has 1 saturated heterocycles. The lowest BCUT2D eigenvalue weighted by atomic mass is 9.87. The Bertz CT molecular complexity index is 799. The zero-order chi connectivity index (χ0) is 17.8. The highest BCUT2D eigenvalue weighted by atomic mass is 35.5. The van der Waals surface area contributed by atoms with Gasteiger partial charge in [0.05, 0.1) is 16.9 Å². The van der Waals surface area contributed by atoms with E-state index in [0.29, 0.717) is 0 Å². The summed E-state index contributed by atoms with van der Waals surface area (Å²) in [5.74, 6) is 3.47. The molecule has 0 atom stereocenters. The number of benzene rings is 2. The Morgan fingerprint density at radius 2 is 1.85 bits per heavy atom. The summed E-state index contributed by atoms with van der Waals surface area (Å²) in [4.78, 5) is 5.00. The lowest BCUT2D eigenvalue weighted by Crippen LogP contribution is -2.54. The Balaban J connectivity index is 1.48. The molecular formula is C21H24ClN3S. The highest BCUT2D eigenvalue weighted by Crippen LogP contribution is 2.38. The molecule has 3 nitrogen and oxygen atoms in total. The molecule has 2 aliphatic heterocycles. The number of hydrogen-bond acceptors (Lipinski definition) is 3. The first-order valence-corrected chi connectivity index (χ1v) is 10.8. The van der Waals surface area contributed by atoms with Gasteiger partial charge >= 0.3 is 0 Å². The monoisotopic (exact) mass is 385 g/mol. The summed E-state index contributed by atoms with van der Waals surface area (Å²) in [7, 11) is 0. The highest BCUT2D eigenvalue weighted by Gasteiger charge is 2.40. The van der Waals surface area contributed by atoms with Crippen LogP contribution in [0.25, 0.3) is 0 Å². The molecule has 0 amide bonds. The van der Waals surface area contributed by atoms with Crippen molar-refractivity contribution in [2.24, 2.45) is 4.99 Å². The van der Waals surface area contributed by atoms with Crippen LogP contribution in [-0.4, -0.2) is 29.4 Å². The first kappa shape index (κ1) is 17.7. The fourth-order valence-corrected chi connectivity index (χ4v) is 5.11. The van der Waals surface area contributed by atoms with Crippen molar-refractivity contribution in [3.63, 3.8) is 0 Å². The van der Waals surface area contributed by atoms with E-state index < -0.39 is 0 Å². The van der Waals surface area contributed by atoms with Gasteiger partial charge in [0.1, 0.15) is 5.84 Å². The van der Waals surface area contributed by atoms with Crippen molar-refractivity contribution < 1.29 is 0 Å². The van der Waals surface area contributed by atoms with Gasteiger partial charge < -0.3 is 10.6 Å². The van der Waals surface area contributed by atoms with Crippen LogP contribution in [0.2, 0.25) is 5.02 Å². The first-order chi connectivity index (χ1) is 12.8. The molecule has 5 heteroatoms. The number of nitrogens with one attached hydrogen (secondary N) is 2. The predicted molar refractivity (Wildman–Crippen MR) is 115 cm³/mol. The van der Waals surface area contributed by atoms with Crippen molar-refractivity contribution in [3.8, 4) is 0 Å². The number of aliphatic imine (C=N–C) groups is 1. The minimum absolute atomic E-state index is 0.0321. The van der Waals surface area contributed by atoms with Gasteiger partial charge in [-0.15, -0.1) is 0 Å². The molecule has 0 unspecified atom stereocenters. The van der Waals surface area contributed by atoms with Gasteiger partial charge in [0.2, 0.25) is 0 Å². The second-order valence-electron chi connectivity index (χ2n) is 6.95. The van der Waals surface area contributed by atoms with Crippen LogP contribution in [0, 0.1) is 0 Å². The van der Waals surface area contributed by atoms with E-state index in [9.17, 15) is 0 Å². The molecule has 2 heterocycles. The number of halogens is 1. The van der Waals surface area contributed by atoms with Crippen LogP contribution in [0.4, 0.5) is 11.4 Å². The van der Waals surface area contributed by atoms with Crippen molar-refractivity contribution in [2.45, 2.75) is 31.2 Å². The van der Waals surface area contributed by atoms with Crippen LogP contribution < -0.4 is 10.6 Å². The minimum atomic E-state index is -0.0321. The van der Waals surface area contributed by atoms with Gasteiger partial charge in [0, 0.05) is 11.6 Å². The zero-order valence-electron chi connectivity index (χ0n) is 14.8. The van der Waals surface area contributed by atoms with E-state index in [-0.39, 0.29) is 5.54 Å². The Labute approximate surface area is 164 Å². The Hall–Kier alpha value is -1.65. The average Bonchev–Trinajstić information content (AvgIpc) is 2.66. The lowest BCUT2D eigenvalue weighted by molar-refractivity contribution is 0.559. The molecule has 0 aromatic heterocycles. The molecule has 0 saturated carbocycles. The van der Waals surface area contributed by atoms with Crippen LogP contribution in [-0.2, 0) is 6.42 Å². The summed E-state index contributed by atoms with van der Waals surface area (Å²) in [5.41, 5.74) is 3.57. The van der Waals surface area contributed by atoms with Crippen molar-refractivity contribution in [2.75, 3.05) is 28.7 Å². The van der Waals surface area contributed by atoms with Crippen LogP contribution in [0.15, 0.2) is 53.5 Å². The van der Waals surface area contributed by atoms with Gasteiger partial charge in [-0.3, -0.25) is 4.99 Å². The molecule has 2 aliphatic rings. The molecule has 2 N–H and O–H groups in total. The number of fused-ring (bicyclic) bond motifs is 1. The Morgan fingerprint density at radius 1 is 1.04 bits per heavy atom. The number of nitrogens with zero attached hydrogens (tertiary/aromatic N) is 1. The van der Waals surface area contributed by atoms with Crippen molar-refractivity contribution in [1.82, 2.24) is 0 Å². The third-order valence-electron chi connectivity index (χ3n) is 5.14.